The summed E-state index contributed by atoms with van der Waals surface area (Å²) in [6.07, 6.45) is 1.93. The van der Waals surface area contributed by atoms with Gasteiger partial charge in [-0.1, -0.05) is 0 Å². The van der Waals surface area contributed by atoms with E-state index in [-0.39, 0.29) is 5.54 Å². The van der Waals surface area contributed by atoms with E-state index >= 15 is 0 Å². The van der Waals surface area contributed by atoms with Crippen LogP contribution in [0.1, 0.15) is 23.7 Å². The van der Waals surface area contributed by atoms with Gasteiger partial charge in [0.05, 0.1) is 6.54 Å². The van der Waals surface area contributed by atoms with Gasteiger partial charge in [0.1, 0.15) is 5.01 Å². The van der Waals surface area contributed by atoms with Crippen LogP contribution in [0.3, 0.4) is 0 Å². The molecule has 0 aliphatic carbocycles. The van der Waals surface area contributed by atoms with E-state index in [9.17, 15) is 0 Å². The molecule has 17 heavy (non-hydrogen) atoms. The maximum absolute atomic E-state index is 6.07. The summed E-state index contributed by atoms with van der Waals surface area (Å²) in [5, 5.41) is 1.18. The molecule has 1 aromatic heterocycles. The van der Waals surface area contributed by atoms with Crippen molar-refractivity contribution in [2.45, 2.75) is 25.9 Å². The first kappa shape index (κ1) is 13.0. The van der Waals surface area contributed by atoms with Crippen LogP contribution in [0.4, 0.5) is 0 Å². The number of aromatic nitrogens is 1. The first-order chi connectivity index (χ1) is 7.95. The summed E-state index contributed by atoms with van der Waals surface area (Å²) in [6.45, 7) is 9.60. The predicted octanol–water partition coefficient (Wildman–Crippen LogP) is 1.08. The van der Waals surface area contributed by atoms with Crippen LogP contribution in [-0.2, 0) is 12.1 Å². The minimum Gasteiger partial charge on any atom is -0.321 e. The highest BCUT2D eigenvalue weighted by molar-refractivity contribution is 7.11. The number of thiazole rings is 1. The molecule has 0 unspecified atom stereocenters. The fourth-order valence-corrected chi connectivity index (χ4v) is 2.85. The Morgan fingerprint density at radius 1 is 1.35 bits per heavy atom. The summed E-state index contributed by atoms with van der Waals surface area (Å²) in [5.74, 6) is 0. The Hall–Kier alpha value is -0.490. The second-order valence-electron chi connectivity index (χ2n) is 5.42. The molecule has 0 saturated carbocycles. The summed E-state index contributed by atoms with van der Waals surface area (Å²) in [5.41, 5.74) is 5.81. The van der Waals surface area contributed by atoms with Crippen molar-refractivity contribution in [3.8, 4) is 0 Å². The molecule has 2 rings (SSSR count). The van der Waals surface area contributed by atoms with Crippen molar-refractivity contribution < 1.29 is 0 Å². The van der Waals surface area contributed by atoms with Gasteiger partial charge in [-0.2, -0.15) is 0 Å². The number of piperazine rings is 1. The molecule has 0 radical (unpaired) electrons. The third kappa shape index (κ3) is 3.48. The quantitative estimate of drug-likeness (QED) is 0.877. The van der Waals surface area contributed by atoms with Crippen LogP contribution in [0, 0.1) is 0 Å². The Bertz CT molecular complexity index is 361. The van der Waals surface area contributed by atoms with Crippen molar-refractivity contribution in [1.82, 2.24) is 14.8 Å². The molecular weight excluding hydrogens is 232 g/mol. The molecule has 4 nitrogen and oxygen atoms in total. The van der Waals surface area contributed by atoms with E-state index in [1.165, 1.54) is 9.88 Å². The third-order valence-electron chi connectivity index (χ3n) is 3.14. The van der Waals surface area contributed by atoms with Crippen molar-refractivity contribution in [3.05, 3.63) is 16.1 Å². The standard InChI is InChI=1S/C12H22N4S/c1-12(2,13)10-8-14-11(17-10)9-16-6-4-15(3)5-7-16/h8H,4-7,9,13H2,1-3H3. The van der Waals surface area contributed by atoms with Crippen LogP contribution in [0.2, 0.25) is 0 Å². The number of hydrogen-bond donors (Lipinski definition) is 1. The molecule has 0 bridgehead atoms. The maximum atomic E-state index is 6.07. The second-order valence-corrected chi connectivity index (χ2v) is 6.53. The molecule has 0 aromatic carbocycles. The van der Waals surface area contributed by atoms with Crippen molar-refractivity contribution in [1.29, 1.82) is 0 Å². The van der Waals surface area contributed by atoms with Gasteiger partial charge >= 0.3 is 0 Å². The zero-order valence-electron chi connectivity index (χ0n) is 10.9. The molecule has 1 aliphatic rings. The van der Waals surface area contributed by atoms with Gasteiger partial charge in [0.2, 0.25) is 0 Å². The number of nitrogens with zero attached hydrogens (tertiary/aromatic N) is 3. The summed E-state index contributed by atoms with van der Waals surface area (Å²) >= 11 is 1.74. The van der Waals surface area contributed by atoms with E-state index in [1.807, 2.05) is 20.0 Å². The molecule has 2 heterocycles. The molecule has 0 spiro atoms. The number of likely N-dealkylation sites (N-methyl/N-ethyl adjacent to an activating group) is 1. The van der Waals surface area contributed by atoms with E-state index in [0.717, 1.165) is 32.7 Å². The van der Waals surface area contributed by atoms with Crippen molar-refractivity contribution in [2.75, 3.05) is 33.2 Å². The highest BCUT2D eigenvalue weighted by Gasteiger charge is 2.19. The van der Waals surface area contributed by atoms with Crippen LogP contribution in [0.15, 0.2) is 6.20 Å². The fourth-order valence-electron chi connectivity index (χ4n) is 1.88. The second kappa shape index (κ2) is 5.02. The van der Waals surface area contributed by atoms with Crippen molar-refractivity contribution >= 4 is 11.3 Å². The van der Waals surface area contributed by atoms with E-state index in [0.29, 0.717) is 0 Å². The number of hydrogen-bond acceptors (Lipinski definition) is 5. The lowest BCUT2D eigenvalue weighted by Gasteiger charge is -2.31. The maximum Gasteiger partial charge on any atom is 0.107 e. The Morgan fingerprint density at radius 3 is 2.53 bits per heavy atom. The summed E-state index contributed by atoms with van der Waals surface area (Å²) < 4.78 is 0. The highest BCUT2D eigenvalue weighted by atomic mass is 32.1. The van der Waals surface area contributed by atoms with Gasteiger partial charge in [-0.15, -0.1) is 11.3 Å². The van der Waals surface area contributed by atoms with Crippen LogP contribution < -0.4 is 5.73 Å². The van der Waals surface area contributed by atoms with Crippen molar-refractivity contribution in [2.24, 2.45) is 5.73 Å². The lowest BCUT2D eigenvalue weighted by atomic mass is 10.1. The Balaban J connectivity index is 1.93. The van der Waals surface area contributed by atoms with Crippen LogP contribution in [-0.4, -0.2) is 48.0 Å². The first-order valence-electron chi connectivity index (χ1n) is 6.10. The molecule has 5 heteroatoms. The summed E-state index contributed by atoms with van der Waals surface area (Å²) in [7, 11) is 2.18. The molecular formula is C12H22N4S. The van der Waals surface area contributed by atoms with Gasteiger partial charge in [-0.3, -0.25) is 4.90 Å². The monoisotopic (exact) mass is 254 g/mol. The van der Waals surface area contributed by atoms with E-state index < -0.39 is 0 Å². The van der Waals surface area contributed by atoms with Gasteiger partial charge in [0.25, 0.3) is 0 Å². The van der Waals surface area contributed by atoms with Crippen molar-refractivity contribution in [3.63, 3.8) is 0 Å². The Morgan fingerprint density at radius 2 is 2.00 bits per heavy atom. The molecule has 0 amide bonds. The van der Waals surface area contributed by atoms with E-state index in [2.05, 4.69) is 21.8 Å². The summed E-state index contributed by atoms with van der Waals surface area (Å²) in [4.78, 5) is 10.5. The van der Waals surface area contributed by atoms with Crippen LogP contribution in [0.25, 0.3) is 0 Å². The van der Waals surface area contributed by atoms with Gasteiger partial charge < -0.3 is 10.6 Å². The Labute approximate surface area is 107 Å². The fraction of sp³-hybridized carbons (Fsp3) is 0.750. The Kier molecular flexibility index (Phi) is 3.82. The average molecular weight is 254 g/mol. The molecule has 1 aliphatic heterocycles. The molecule has 96 valence electrons. The summed E-state index contributed by atoms with van der Waals surface area (Å²) in [6, 6.07) is 0. The molecule has 1 aromatic rings. The predicted molar refractivity (Wildman–Crippen MR) is 72.1 cm³/mol. The lowest BCUT2D eigenvalue weighted by molar-refractivity contribution is 0.148. The minimum absolute atomic E-state index is 0.266. The lowest BCUT2D eigenvalue weighted by Crippen LogP contribution is -2.43. The molecule has 0 atom stereocenters. The van der Waals surface area contributed by atoms with E-state index in [1.54, 1.807) is 11.3 Å². The van der Waals surface area contributed by atoms with Gasteiger partial charge in [-0.25, -0.2) is 4.98 Å². The highest BCUT2D eigenvalue weighted by Crippen LogP contribution is 2.24. The largest absolute Gasteiger partial charge is 0.321 e. The number of nitrogens with two attached hydrogens (primary N) is 1. The zero-order chi connectivity index (χ0) is 12.5. The zero-order valence-corrected chi connectivity index (χ0v) is 11.8. The number of rotatable bonds is 3. The average Bonchev–Trinajstić information content (AvgIpc) is 2.69. The smallest absolute Gasteiger partial charge is 0.107 e. The third-order valence-corrected chi connectivity index (χ3v) is 4.46. The van der Waals surface area contributed by atoms with Gasteiger partial charge in [0.15, 0.2) is 0 Å². The molecule has 1 saturated heterocycles. The topological polar surface area (TPSA) is 45.4 Å². The van der Waals surface area contributed by atoms with Gasteiger partial charge in [-0.05, 0) is 20.9 Å². The first-order valence-corrected chi connectivity index (χ1v) is 6.92. The normalized spacial score (nSPS) is 19.8. The minimum atomic E-state index is -0.266. The molecule has 1 fully saturated rings. The SMILES string of the molecule is CN1CCN(Cc2ncc(C(C)(C)N)s2)CC1. The van der Waals surface area contributed by atoms with E-state index in [4.69, 9.17) is 5.73 Å². The van der Waals surface area contributed by atoms with Gasteiger partial charge in [0, 0.05) is 42.8 Å². The van der Waals surface area contributed by atoms with Crippen LogP contribution >= 0.6 is 11.3 Å². The van der Waals surface area contributed by atoms with Crippen LogP contribution in [0.5, 0.6) is 0 Å². The molecule has 2 N–H and O–H groups in total.